The van der Waals surface area contributed by atoms with Crippen LogP contribution < -0.4 is 5.32 Å². The second-order valence-corrected chi connectivity index (χ2v) is 3.73. The van der Waals surface area contributed by atoms with Crippen molar-refractivity contribution in [2.24, 2.45) is 0 Å². The summed E-state index contributed by atoms with van der Waals surface area (Å²) >= 11 is 0. The van der Waals surface area contributed by atoms with Gasteiger partial charge in [0.15, 0.2) is 0 Å². The molecule has 1 atom stereocenters. The van der Waals surface area contributed by atoms with Crippen LogP contribution in [-0.2, 0) is 19.1 Å². The molecule has 2 amide bonds. The van der Waals surface area contributed by atoms with Crippen LogP contribution in [0.5, 0.6) is 0 Å². The lowest BCUT2D eigenvalue weighted by atomic mass is 10.3. The summed E-state index contributed by atoms with van der Waals surface area (Å²) in [4.78, 5) is 35.2. The zero-order chi connectivity index (χ0) is 12.1. The molecular formula is C10H16N2O4. The Bertz CT molecular complexity index is 303. The Labute approximate surface area is 93.9 Å². The highest BCUT2D eigenvalue weighted by Gasteiger charge is 2.24. The third-order valence-corrected chi connectivity index (χ3v) is 2.44. The highest BCUT2D eigenvalue weighted by Crippen LogP contribution is 2.08. The minimum absolute atomic E-state index is 0.0131. The van der Waals surface area contributed by atoms with Gasteiger partial charge in [-0.05, 0) is 13.3 Å². The van der Waals surface area contributed by atoms with Crippen LogP contribution in [0.1, 0.15) is 19.8 Å². The van der Waals surface area contributed by atoms with Crippen molar-refractivity contribution < 1.29 is 19.1 Å². The topological polar surface area (TPSA) is 75.7 Å². The number of carbonyl (C=O) groups is 3. The lowest BCUT2D eigenvalue weighted by molar-refractivity contribution is -0.144. The molecule has 1 N–H and O–H groups in total. The number of methoxy groups -OCH3 is 1. The molecular weight excluding hydrogens is 212 g/mol. The zero-order valence-electron chi connectivity index (χ0n) is 9.49. The Balaban J connectivity index is 2.35. The summed E-state index contributed by atoms with van der Waals surface area (Å²) in [7, 11) is 1.26. The van der Waals surface area contributed by atoms with Crippen LogP contribution in [0.3, 0.4) is 0 Å². The predicted molar refractivity (Wildman–Crippen MR) is 55.4 cm³/mol. The number of esters is 1. The lowest BCUT2D eigenvalue weighted by Crippen LogP contribution is -2.44. The van der Waals surface area contributed by atoms with Gasteiger partial charge in [-0.3, -0.25) is 9.59 Å². The number of hydrogen-bond acceptors (Lipinski definition) is 4. The van der Waals surface area contributed by atoms with Gasteiger partial charge < -0.3 is 15.0 Å². The van der Waals surface area contributed by atoms with Crippen molar-refractivity contribution in [1.82, 2.24) is 10.2 Å². The van der Waals surface area contributed by atoms with Crippen LogP contribution in [0.25, 0.3) is 0 Å². The molecule has 0 aromatic heterocycles. The molecule has 1 aliphatic rings. The molecule has 1 heterocycles. The van der Waals surface area contributed by atoms with Crippen LogP contribution in [0.15, 0.2) is 0 Å². The van der Waals surface area contributed by atoms with Crippen molar-refractivity contribution in [2.75, 3.05) is 20.2 Å². The van der Waals surface area contributed by atoms with Gasteiger partial charge in [0, 0.05) is 13.0 Å². The van der Waals surface area contributed by atoms with Crippen molar-refractivity contribution in [1.29, 1.82) is 0 Å². The zero-order valence-corrected chi connectivity index (χ0v) is 9.49. The summed E-state index contributed by atoms with van der Waals surface area (Å²) in [6.07, 6.45) is 1.29. The first-order chi connectivity index (χ1) is 7.54. The molecule has 1 aliphatic heterocycles. The molecule has 0 saturated carbocycles. The molecule has 1 rings (SSSR count). The molecule has 6 heteroatoms. The van der Waals surface area contributed by atoms with E-state index in [1.165, 1.54) is 18.9 Å². The Kier molecular flexibility index (Phi) is 4.28. The van der Waals surface area contributed by atoms with E-state index in [1.54, 1.807) is 0 Å². The van der Waals surface area contributed by atoms with E-state index < -0.39 is 12.0 Å². The fourth-order valence-corrected chi connectivity index (χ4v) is 1.57. The Morgan fingerprint density at radius 2 is 2.25 bits per heavy atom. The average Bonchev–Trinajstić information content (AvgIpc) is 2.63. The highest BCUT2D eigenvalue weighted by atomic mass is 16.5. The molecule has 1 saturated heterocycles. The van der Waals surface area contributed by atoms with E-state index in [0.29, 0.717) is 13.0 Å². The molecule has 0 aromatic rings. The van der Waals surface area contributed by atoms with E-state index in [9.17, 15) is 14.4 Å². The molecule has 0 bridgehead atoms. The van der Waals surface area contributed by atoms with Gasteiger partial charge in [-0.25, -0.2) is 4.79 Å². The smallest absolute Gasteiger partial charge is 0.328 e. The van der Waals surface area contributed by atoms with Crippen molar-refractivity contribution in [3.05, 3.63) is 0 Å². The van der Waals surface area contributed by atoms with Crippen LogP contribution in [0.4, 0.5) is 0 Å². The standard InChI is InChI=1S/C10H16N2O4/c1-7(10(15)16-2)11-8(13)6-12-5-3-4-9(12)14/h7H,3-6H2,1-2H3,(H,11,13). The van der Waals surface area contributed by atoms with Gasteiger partial charge in [-0.2, -0.15) is 0 Å². The van der Waals surface area contributed by atoms with Crippen LogP contribution in [0, 0.1) is 0 Å². The first kappa shape index (κ1) is 12.5. The Hall–Kier alpha value is -1.59. The van der Waals surface area contributed by atoms with Gasteiger partial charge in [0.05, 0.1) is 13.7 Å². The van der Waals surface area contributed by atoms with E-state index >= 15 is 0 Å². The number of nitrogens with one attached hydrogen (secondary N) is 1. The van der Waals surface area contributed by atoms with Gasteiger partial charge in [0.1, 0.15) is 6.04 Å². The lowest BCUT2D eigenvalue weighted by Gasteiger charge is -2.17. The van der Waals surface area contributed by atoms with Crippen molar-refractivity contribution in [3.63, 3.8) is 0 Å². The fourth-order valence-electron chi connectivity index (χ4n) is 1.57. The summed E-state index contributed by atoms with van der Waals surface area (Å²) in [6.45, 7) is 2.16. The Morgan fingerprint density at radius 1 is 1.56 bits per heavy atom. The summed E-state index contributed by atoms with van der Waals surface area (Å²) in [5, 5.41) is 2.47. The fraction of sp³-hybridized carbons (Fsp3) is 0.700. The van der Waals surface area contributed by atoms with Gasteiger partial charge >= 0.3 is 5.97 Å². The monoisotopic (exact) mass is 228 g/mol. The summed E-state index contributed by atoms with van der Waals surface area (Å²) in [5.74, 6) is -0.852. The maximum atomic E-state index is 11.5. The van der Waals surface area contributed by atoms with Crippen molar-refractivity contribution in [3.8, 4) is 0 Å². The normalized spacial score (nSPS) is 17.1. The third kappa shape index (κ3) is 3.22. The quantitative estimate of drug-likeness (QED) is 0.645. The average molecular weight is 228 g/mol. The second-order valence-electron chi connectivity index (χ2n) is 3.73. The molecule has 0 spiro atoms. The van der Waals surface area contributed by atoms with Crippen LogP contribution in [-0.4, -0.2) is 48.9 Å². The summed E-state index contributed by atoms with van der Waals surface area (Å²) < 4.78 is 4.47. The number of ether oxygens (including phenoxy) is 1. The third-order valence-electron chi connectivity index (χ3n) is 2.44. The first-order valence-electron chi connectivity index (χ1n) is 5.19. The molecule has 0 aliphatic carbocycles. The molecule has 0 radical (unpaired) electrons. The molecule has 1 unspecified atom stereocenters. The first-order valence-corrected chi connectivity index (χ1v) is 5.19. The van der Waals surface area contributed by atoms with E-state index in [0.717, 1.165) is 6.42 Å². The minimum atomic E-state index is -0.685. The second kappa shape index (κ2) is 5.48. The van der Waals surface area contributed by atoms with E-state index in [2.05, 4.69) is 10.1 Å². The van der Waals surface area contributed by atoms with E-state index in [1.807, 2.05) is 0 Å². The van der Waals surface area contributed by atoms with Gasteiger partial charge in [0.25, 0.3) is 0 Å². The number of likely N-dealkylation sites (tertiary alicyclic amines) is 1. The SMILES string of the molecule is COC(=O)C(C)NC(=O)CN1CCCC1=O. The minimum Gasteiger partial charge on any atom is -0.467 e. The van der Waals surface area contributed by atoms with Crippen molar-refractivity contribution in [2.45, 2.75) is 25.8 Å². The van der Waals surface area contributed by atoms with Gasteiger partial charge in [-0.15, -0.1) is 0 Å². The maximum Gasteiger partial charge on any atom is 0.328 e. The summed E-state index contributed by atoms with van der Waals surface area (Å²) in [6, 6.07) is -0.685. The van der Waals surface area contributed by atoms with Crippen molar-refractivity contribution >= 4 is 17.8 Å². The molecule has 16 heavy (non-hydrogen) atoms. The number of rotatable bonds is 4. The van der Waals surface area contributed by atoms with E-state index in [-0.39, 0.29) is 18.4 Å². The maximum absolute atomic E-state index is 11.5. The molecule has 1 fully saturated rings. The largest absolute Gasteiger partial charge is 0.467 e. The molecule has 0 aromatic carbocycles. The van der Waals surface area contributed by atoms with Crippen LogP contribution >= 0.6 is 0 Å². The number of nitrogens with zero attached hydrogens (tertiary/aromatic N) is 1. The highest BCUT2D eigenvalue weighted by molar-refractivity contribution is 5.88. The van der Waals surface area contributed by atoms with E-state index in [4.69, 9.17) is 0 Å². The van der Waals surface area contributed by atoms with Gasteiger partial charge in [-0.1, -0.05) is 0 Å². The number of carbonyl (C=O) groups excluding carboxylic acids is 3. The summed E-state index contributed by atoms with van der Waals surface area (Å²) in [5.41, 5.74) is 0. The Morgan fingerprint density at radius 3 is 2.75 bits per heavy atom. The molecule has 6 nitrogen and oxygen atoms in total. The number of hydrogen-bond donors (Lipinski definition) is 1. The predicted octanol–water partition coefficient (Wildman–Crippen LogP) is -0.713. The van der Waals surface area contributed by atoms with Gasteiger partial charge in [0.2, 0.25) is 11.8 Å². The molecule has 90 valence electrons. The van der Waals surface area contributed by atoms with Crippen LogP contribution in [0.2, 0.25) is 0 Å². The number of amides is 2.